The van der Waals surface area contributed by atoms with Gasteiger partial charge in [0.1, 0.15) is 24.1 Å². The highest BCUT2D eigenvalue weighted by molar-refractivity contribution is 7.92. The minimum absolute atomic E-state index is 0.269. The Morgan fingerprint density at radius 3 is 2.27 bits per heavy atom. The highest BCUT2D eigenvalue weighted by Gasteiger charge is 2.29. The first-order valence-corrected chi connectivity index (χ1v) is 11.7. The van der Waals surface area contributed by atoms with Crippen molar-refractivity contribution < 1.29 is 22.7 Å². The maximum atomic E-state index is 12.8. The van der Waals surface area contributed by atoms with E-state index in [4.69, 9.17) is 9.47 Å². The summed E-state index contributed by atoms with van der Waals surface area (Å²) in [5.41, 5.74) is 1.40. The van der Waals surface area contributed by atoms with Crippen molar-refractivity contribution in [2.75, 3.05) is 23.8 Å². The zero-order valence-electron chi connectivity index (χ0n) is 18.1. The number of nitrogens with one attached hydrogen (secondary N) is 1. The standard InChI is InChI=1S/C22H30N2O5S/c1-6-28-20-13-11-19(12-14-20)24(30(5,26)27)18(4)22(25)23-17(3)15-29-21-10-8-7-9-16(21)2/h7-14,17-18H,6,15H2,1-5H3,(H,23,25)/t17-,18-/m1/s1. The molecular formula is C22H30N2O5S. The van der Waals surface area contributed by atoms with Gasteiger partial charge in [0.2, 0.25) is 15.9 Å². The van der Waals surface area contributed by atoms with Gasteiger partial charge in [-0.25, -0.2) is 8.42 Å². The fraction of sp³-hybridized carbons (Fsp3) is 0.409. The Balaban J connectivity index is 2.07. The maximum absolute atomic E-state index is 12.8. The third kappa shape index (κ3) is 6.38. The molecule has 0 aromatic heterocycles. The number of hydrogen-bond donors (Lipinski definition) is 1. The molecule has 0 bridgehead atoms. The van der Waals surface area contributed by atoms with E-state index in [-0.39, 0.29) is 12.6 Å². The van der Waals surface area contributed by atoms with Crippen molar-refractivity contribution in [1.29, 1.82) is 0 Å². The highest BCUT2D eigenvalue weighted by Crippen LogP contribution is 2.24. The molecule has 2 aromatic carbocycles. The van der Waals surface area contributed by atoms with Crippen LogP contribution in [0.2, 0.25) is 0 Å². The average molecular weight is 435 g/mol. The molecule has 2 aromatic rings. The quantitative estimate of drug-likeness (QED) is 0.621. The summed E-state index contributed by atoms with van der Waals surface area (Å²) in [6.45, 7) is 7.96. The Labute approximate surface area is 179 Å². The van der Waals surface area contributed by atoms with Gasteiger partial charge in [-0.05, 0) is 63.6 Å². The minimum Gasteiger partial charge on any atom is -0.494 e. The molecule has 8 heteroatoms. The molecule has 0 fully saturated rings. The van der Waals surface area contributed by atoms with Crippen LogP contribution in [0.1, 0.15) is 26.3 Å². The lowest BCUT2D eigenvalue weighted by molar-refractivity contribution is -0.122. The Kier molecular flexibility index (Phi) is 8.11. The zero-order valence-corrected chi connectivity index (χ0v) is 18.9. The summed E-state index contributed by atoms with van der Waals surface area (Å²) in [4.78, 5) is 12.8. The van der Waals surface area contributed by atoms with Gasteiger partial charge in [-0.1, -0.05) is 18.2 Å². The summed E-state index contributed by atoms with van der Waals surface area (Å²) in [7, 11) is -3.68. The first-order chi connectivity index (χ1) is 14.1. The number of ether oxygens (including phenoxy) is 2. The summed E-state index contributed by atoms with van der Waals surface area (Å²) in [6.07, 6.45) is 1.08. The van der Waals surface area contributed by atoms with Gasteiger partial charge in [-0.3, -0.25) is 9.10 Å². The lowest BCUT2D eigenvalue weighted by Crippen LogP contribution is -2.50. The number of hydrogen-bond acceptors (Lipinski definition) is 5. The average Bonchev–Trinajstić information content (AvgIpc) is 2.68. The monoisotopic (exact) mass is 434 g/mol. The number of sulfonamides is 1. The maximum Gasteiger partial charge on any atom is 0.243 e. The van der Waals surface area contributed by atoms with E-state index in [1.54, 1.807) is 31.2 Å². The second-order valence-electron chi connectivity index (χ2n) is 7.15. The van der Waals surface area contributed by atoms with Crippen molar-refractivity contribution in [2.45, 2.75) is 39.8 Å². The number of anilines is 1. The molecule has 2 rings (SSSR count). The van der Waals surface area contributed by atoms with E-state index in [2.05, 4.69) is 5.32 Å². The van der Waals surface area contributed by atoms with Crippen LogP contribution >= 0.6 is 0 Å². The Bertz CT molecular complexity index is 944. The molecule has 30 heavy (non-hydrogen) atoms. The predicted octanol–water partition coefficient (Wildman–Crippen LogP) is 3.13. The smallest absolute Gasteiger partial charge is 0.243 e. The van der Waals surface area contributed by atoms with E-state index in [9.17, 15) is 13.2 Å². The SMILES string of the molecule is CCOc1ccc(N([C@H](C)C(=O)N[C@H](C)COc2ccccc2C)S(C)(=O)=O)cc1. The molecule has 7 nitrogen and oxygen atoms in total. The largest absolute Gasteiger partial charge is 0.494 e. The van der Waals surface area contributed by atoms with Crippen molar-refractivity contribution in [2.24, 2.45) is 0 Å². The van der Waals surface area contributed by atoms with Crippen molar-refractivity contribution in [3.63, 3.8) is 0 Å². The number of aryl methyl sites for hydroxylation is 1. The second kappa shape index (κ2) is 10.3. The molecule has 0 unspecified atom stereocenters. The van der Waals surface area contributed by atoms with Gasteiger partial charge in [0, 0.05) is 0 Å². The van der Waals surface area contributed by atoms with Gasteiger partial charge < -0.3 is 14.8 Å². The zero-order chi connectivity index (χ0) is 22.3. The van der Waals surface area contributed by atoms with Crippen LogP contribution in [0.4, 0.5) is 5.69 Å². The number of rotatable bonds is 10. The molecule has 0 aliphatic rings. The second-order valence-corrected chi connectivity index (χ2v) is 9.01. The van der Waals surface area contributed by atoms with Crippen LogP contribution in [0.3, 0.4) is 0 Å². The fourth-order valence-electron chi connectivity index (χ4n) is 3.00. The van der Waals surface area contributed by atoms with Crippen molar-refractivity contribution in [3.05, 3.63) is 54.1 Å². The molecule has 0 heterocycles. The van der Waals surface area contributed by atoms with Crippen LogP contribution in [0.5, 0.6) is 11.5 Å². The highest BCUT2D eigenvalue weighted by atomic mass is 32.2. The number of para-hydroxylation sites is 1. The van der Waals surface area contributed by atoms with Gasteiger partial charge >= 0.3 is 0 Å². The molecule has 164 valence electrons. The molecule has 1 N–H and O–H groups in total. The fourth-order valence-corrected chi connectivity index (χ4v) is 4.18. The Morgan fingerprint density at radius 1 is 1.07 bits per heavy atom. The molecule has 0 saturated carbocycles. The first kappa shape index (κ1) is 23.5. The van der Waals surface area contributed by atoms with Crippen molar-refractivity contribution in [1.82, 2.24) is 5.32 Å². The van der Waals surface area contributed by atoms with Gasteiger partial charge in [0.15, 0.2) is 0 Å². The molecule has 0 saturated heterocycles. The van der Waals surface area contributed by atoms with Crippen LogP contribution in [0.25, 0.3) is 0 Å². The molecule has 0 aliphatic heterocycles. The van der Waals surface area contributed by atoms with Crippen LogP contribution in [0, 0.1) is 6.92 Å². The molecule has 0 spiro atoms. The Hall–Kier alpha value is -2.74. The van der Waals surface area contributed by atoms with Crippen LogP contribution in [-0.4, -0.2) is 45.9 Å². The summed E-state index contributed by atoms with van der Waals surface area (Å²) >= 11 is 0. The minimum atomic E-state index is -3.68. The number of amides is 1. The summed E-state index contributed by atoms with van der Waals surface area (Å²) in [5, 5.41) is 2.83. The van der Waals surface area contributed by atoms with E-state index in [0.717, 1.165) is 21.9 Å². The molecular weight excluding hydrogens is 404 g/mol. The number of nitrogens with zero attached hydrogens (tertiary/aromatic N) is 1. The van der Waals surface area contributed by atoms with Crippen LogP contribution in [-0.2, 0) is 14.8 Å². The Morgan fingerprint density at radius 2 is 1.70 bits per heavy atom. The molecule has 0 radical (unpaired) electrons. The molecule has 0 aliphatic carbocycles. The number of benzene rings is 2. The van der Waals surface area contributed by atoms with Gasteiger partial charge in [0.25, 0.3) is 0 Å². The lowest BCUT2D eigenvalue weighted by atomic mass is 10.2. The van der Waals surface area contributed by atoms with Crippen LogP contribution in [0.15, 0.2) is 48.5 Å². The summed E-state index contributed by atoms with van der Waals surface area (Å²) < 4.78 is 37.1. The van der Waals surface area contributed by atoms with E-state index >= 15 is 0 Å². The third-order valence-electron chi connectivity index (χ3n) is 4.46. The normalized spacial score (nSPS) is 13.2. The lowest BCUT2D eigenvalue weighted by Gasteiger charge is -2.29. The predicted molar refractivity (Wildman–Crippen MR) is 119 cm³/mol. The number of carbonyl (C=O) groups excluding carboxylic acids is 1. The molecule has 1 amide bonds. The first-order valence-electron chi connectivity index (χ1n) is 9.84. The number of carbonyl (C=O) groups is 1. The molecule has 2 atom stereocenters. The summed E-state index contributed by atoms with van der Waals surface area (Å²) in [6, 6.07) is 13.0. The summed E-state index contributed by atoms with van der Waals surface area (Å²) in [5.74, 6) is 0.975. The van der Waals surface area contributed by atoms with E-state index in [1.165, 1.54) is 0 Å². The van der Waals surface area contributed by atoms with Gasteiger partial charge in [-0.2, -0.15) is 0 Å². The van der Waals surface area contributed by atoms with E-state index in [0.29, 0.717) is 18.0 Å². The van der Waals surface area contributed by atoms with Crippen molar-refractivity contribution >= 4 is 21.6 Å². The van der Waals surface area contributed by atoms with Gasteiger partial charge in [-0.15, -0.1) is 0 Å². The van der Waals surface area contributed by atoms with Gasteiger partial charge in [0.05, 0.1) is 24.6 Å². The van der Waals surface area contributed by atoms with Crippen LogP contribution < -0.4 is 19.1 Å². The van der Waals surface area contributed by atoms with E-state index < -0.39 is 22.0 Å². The van der Waals surface area contributed by atoms with Crippen molar-refractivity contribution in [3.8, 4) is 11.5 Å². The third-order valence-corrected chi connectivity index (χ3v) is 5.70. The van der Waals surface area contributed by atoms with E-state index in [1.807, 2.05) is 45.0 Å². The topological polar surface area (TPSA) is 84.9 Å².